The molecule has 1 heterocycles. The normalized spacial score (nSPS) is 15.4. The Morgan fingerprint density at radius 1 is 0.882 bits per heavy atom. The van der Waals surface area contributed by atoms with E-state index in [2.05, 4.69) is 75.4 Å². The number of carbonyl (C=O) groups excluding carboxylic acids is 1. The lowest BCUT2D eigenvalue weighted by Gasteiger charge is -2.38. The molecular weight excluding hydrogens is 422 g/mol. The van der Waals surface area contributed by atoms with Gasteiger partial charge >= 0.3 is 0 Å². The quantitative estimate of drug-likeness (QED) is 0.371. The summed E-state index contributed by atoms with van der Waals surface area (Å²) in [5.41, 5.74) is 6.63. The maximum Gasteiger partial charge on any atom is 0.232 e. The second-order valence-electron chi connectivity index (χ2n) is 9.05. The highest BCUT2D eigenvalue weighted by atomic mass is 16.5. The van der Waals surface area contributed by atoms with Crippen LogP contribution in [0.3, 0.4) is 0 Å². The van der Waals surface area contributed by atoms with Crippen LogP contribution in [-0.2, 0) is 17.6 Å². The smallest absolute Gasteiger partial charge is 0.232 e. The number of amides is 1. The summed E-state index contributed by atoms with van der Waals surface area (Å²) in [4.78, 5) is 15.6. The van der Waals surface area contributed by atoms with Crippen molar-refractivity contribution in [2.45, 2.75) is 59.4 Å². The predicted octanol–water partition coefficient (Wildman–Crippen LogP) is 6.85. The summed E-state index contributed by atoms with van der Waals surface area (Å²) in [6.45, 7) is 11.5. The molecule has 34 heavy (non-hydrogen) atoms. The van der Waals surface area contributed by atoms with Crippen molar-refractivity contribution in [2.24, 2.45) is 0 Å². The molecule has 4 heteroatoms. The molecule has 3 aromatic carbocycles. The van der Waals surface area contributed by atoms with Crippen LogP contribution in [0.4, 0.5) is 5.69 Å². The van der Waals surface area contributed by atoms with Gasteiger partial charge in [-0.2, -0.15) is 0 Å². The number of nitrogens with zero attached hydrogens (tertiary/aromatic N) is 1. The predicted molar refractivity (Wildman–Crippen MR) is 138 cm³/mol. The number of hydrogen-bond donors (Lipinski definition) is 0. The first-order valence-corrected chi connectivity index (χ1v) is 12.4. The van der Waals surface area contributed by atoms with Crippen molar-refractivity contribution >= 4 is 11.6 Å². The van der Waals surface area contributed by atoms with Crippen molar-refractivity contribution in [3.05, 3.63) is 88.5 Å². The molecule has 0 saturated carbocycles. The molecule has 0 unspecified atom stereocenters. The van der Waals surface area contributed by atoms with Crippen LogP contribution in [0.1, 0.15) is 74.4 Å². The van der Waals surface area contributed by atoms with Crippen LogP contribution in [0, 0.1) is 0 Å². The lowest BCUT2D eigenvalue weighted by Crippen LogP contribution is -2.41. The van der Waals surface area contributed by atoms with Gasteiger partial charge in [-0.05, 0) is 78.3 Å². The molecule has 0 aliphatic carbocycles. The van der Waals surface area contributed by atoms with Crippen LogP contribution in [0.2, 0.25) is 0 Å². The number of benzene rings is 3. The van der Waals surface area contributed by atoms with Crippen molar-refractivity contribution < 1.29 is 14.3 Å². The molecule has 1 aliphatic rings. The van der Waals surface area contributed by atoms with Crippen LogP contribution < -0.4 is 14.4 Å². The fourth-order valence-corrected chi connectivity index (χ4v) is 4.67. The lowest BCUT2D eigenvalue weighted by atomic mass is 9.86. The maximum atomic E-state index is 13.6. The van der Waals surface area contributed by atoms with Gasteiger partial charge in [0.25, 0.3) is 0 Å². The summed E-state index contributed by atoms with van der Waals surface area (Å²) in [5.74, 6) is 1.95. The maximum absolute atomic E-state index is 13.6. The van der Waals surface area contributed by atoms with Crippen molar-refractivity contribution in [3.63, 3.8) is 0 Å². The number of anilines is 1. The van der Waals surface area contributed by atoms with Crippen LogP contribution in [0.25, 0.3) is 0 Å². The van der Waals surface area contributed by atoms with E-state index in [4.69, 9.17) is 9.47 Å². The van der Waals surface area contributed by atoms with Gasteiger partial charge < -0.3 is 14.4 Å². The van der Waals surface area contributed by atoms with E-state index in [1.807, 2.05) is 24.8 Å². The first-order valence-electron chi connectivity index (χ1n) is 12.4. The van der Waals surface area contributed by atoms with Gasteiger partial charge in [-0.3, -0.25) is 4.79 Å². The minimum absolute atomic E-state index is 0.0842. The van der Waals surface area contributed by atoms with E-state index in [1.54, 1.807) is 0 Å². The molecule has 178 valence electrons. The zero-order valence-electron chi connectivity index (χ0n) is 20.9. The summed E-state index contributed by atoms with van der Waals surface area (Å²) in [6.07, 6.45) is 1.31. The molecule has 3 aromatic rings. The highest BCUT2D eigenvalue weighted by molar-refractivity contribution is 5.98. The molecule has 0 spiro atoms. The molecule has 0 N–H and O–H groups in total. The van der Waals surface area contributed by atoms with Gasteiger partial charge in [0, 0.05) is 5.69 Å². The molecule has 0 fully saturated rings. The Morgan fingerprint density at radius 3 is 2.06 bits per heavy atom. The zero-order chi connectivity index (χ0) is 24.2. The van der Waals surface area contributed by atoms with E-state index in [1.165, 1.54) is 11.1 Å². The highest BCUT2D eigenvalue weighted by Gasteiger charge is 2.36. The lowest BCUT2D eigenvalue weighted by molar-refractivity contribution is -0.118. The minimum Gasteiger partial charge on any atom is -0.490 e. The van der Waals surface area contributed by atoms with E-state index >= 15 is 0 Å². The van der Waals surface area contributed by atoms with E-state index < -0.39 is 0 Å². The van der Waals surface area contributed by atoms with E-state index in [0.29, 0.717) is 31.3 Å². The van der Waals surface area contributed by atoms with Crippen LogP contribution in [0.15, 0.2) is 60.7 Å². The third-order valence-corrected chi connectivity index (χ3v) is 6.51. The van der Waals surface area contributed by atoms with E-state index in [0.717, 1.165) is 34.5 Å². The number of hydrogen-bond acceptors (Lipinski definition) is 3. The van der Waals surface area contributed by atoms with Crippen LogP contribution in [0.5, 0.6) is 11.5 Å². The second kappa shape index (κ2) is 10.3. The minimum atomic E-state index is -0.234. The van der Waals surface area contributed by atoms with Gasteiger partial charge in [-0.1, -0.05) is 57.2 Å². The number of fused-ring (bicyclic) bond motifs is 1. The van der Waals surface area contributed by atoms with Gasteiger partial charge in [0.1, 0.15) is 0 Å². The largest absolute Gasteiger partial charge is 0.490 e. The first kappa shape index (κ1) is 23.9. The van der Waals surface area contributed by atoms with Crippen molar-refractivity contribution in [3.8, 4) is 11.5 Å². The number of aryl methyl sites for hydroxylation is 1. The Kier molecular flexibility index (Phi) is 7.26. The zero-order valence-corrected chi connectivity index (χ0v) is 20.9. The van der Waals surface area contributed by atoms with Crippen molar-refractivity contribution in [1.29, 1.82) is 0 Å². The SMILES string of the molecule is CCOc1cc2c(cc1OCC)[C@@H](c1ccc(CC)cc1)N(c1ccc(C(C)C)cc1)C(=O)C2. The molecular formula is C30H35NO3. The Bertz CT molecular complexity index is 1130. The molecule has 1 amide bonds. The molecule has 1 atom stereocenters. The number of ether oxygens (including phenoxy) is 2. The fraction of sp³-hybridized carbons (Fsp3) is 0.367. The fourth-order valence-electron chi connectivity index (χ4n) is 4.67. The molecule has 0 aromatic heterocycles. The van der Waals surface area contributed by atoms with Gasteiger partial charge in [0.05, 0.1) is 25.7 Å². The first-order chi connectivity index (χ1) is 16.5. The topological polar surface area (TPSA) is 38.8 Å². The number of rotatable bonds is 8. The van der Waals surface area contributed by atoms with Crippen molar-refractivity contribution in [2.75, 3.05) is 18.1 Å². The highest BCUT2D eigenvalue weighted by Crippen LogP contribution is 2.43. The summed E-state index contributed by atoms with van der Waals surface area (Å²) < 4.78 is 11.8. The van der Waals surface area contributed by atoms with Gasteiger partial charge in [0.15, 0.2) is 11.5 Å². The molecule has 0 saturated heterocycles. The van der Waals surface area contributed by atoms with Crippen molar-refractivity contribution in [1.82, 2.24) is 0 Å². The average molecular weight is 458 g/mol. The van der Waals surface area contributed by atoms with Crippen LogP contribution in [-0.4, -0.2) is 19.1 Å². The molecule has 4 rings (SSSR count). The van der Waals surface area contributed by atoms with Gasteiger partial charge in [-0.25, -0.2) is 0 Å². The standard InChI is InChI=1S/C30H35NO3/c1-6-21-9-11-23(12-10-21)30-26-19-28(34-8-3)27(33-7-2)17-24(26)18-29(32)31(30)25-15-13-22(14-16-25)20(4)5/h9-17,19-20,30H,6-8,18H2,1-5H3/t30-/m1/s1. The number of carbonyl (C=O) groups is 1. The second-order valence-corrected chi connectivity index (χ2v) is 9.05. The Morgan fingerprint density at radius 2 is 1.50 bits per heavy atom. The molecule has 4 nitrogen and oxygen atoms in total. The third-order valence-electron chi connectivity index (χ3n) is 6.51. The summed E-state index contributed by atoms with van der Waals surface area (Å²) in [7, 11) is 0. The summed E-state index contributed by atoms with van der Waals surface area (Å²) in [5, 5.41) is 0. The third kappa shape index (κ3) is 4.68. The van der Waals surface area contributed by atoms with E-state index in [9.17, 15) is 4.79 Å². The molecule has 0 bridgehead atoms. The summed E-state index contributed by atoms with van der Waals surface area (Å²) in [6, 6.07) is 20.9. The monoisotopic (exact) mass is 457 g/mol. The molecule has 0 radical (unpaired) electrons. The van der Waals surface area contributed by atoms with Crippen LogP contribution >= 0.6 is 0 Å². The Labute approximate surface area is 203 Å². The van der Waals surface area contributed by atoms with Gasteiger partial charge in [0.2, 0.25) is 5.91 Å². The average Bonchev–Trinajstić information content (AvgIpc) is 2.84. The van der Waals surface area contributed by atoms with E-state index in [-0.39, 0.29) is 11.9 Å². The Hall–Kier alpha value is -3.27. The van der Waals surface area contributed by atoms with Gasteiger partial charge in [-0.15, -0.1) is 0 Å². The molecule has 1 aliphatic heterocycles. The summed E-state index contributed by atoms with van der Waals surface area (Å²) >= 11 is 0. The Balaban J connectivity index is 1.88.